The summed E-state index contributed by atoms with van der Waals surface area (Å²) in [4.78, 5) is 28.1. The molecule has 2 N–H and O–H groups in total. The summed E-state index contributed by atoms with van der Waals surface area (Å²) in [5, 5.41) is 7.18. The molecule has 1 aromatic carbocycles. The van der Waals surface area contributed by atoms with E-state index in [1.807, 2.05) is 18.2 Å². The molecule has 1 amide bonds. The van der Waals surface area contributed by atoms with E-state index in [1.165, 1.54) is 29.7 Å². The Morgan fingerprint density at radius 2 is 1.81 bits per heavy atom. The molecule has 5 rings (SSSR count). The summed E-state index contributed by atoms with van der Waals surface area (Å²) < 4.78 is 31.8. The number of benzene rings is 1. The minimum atomic E-state index is -2.69. The van der Waals surface area contributed by atoms with Crippen LogP contribution in [0, 0.1) is 5.41 Å². The predicted octanol–water partition coefficient (Wildman–Crippen LogP) is 5.71. The lowest BCUT2D eigenvalue weighted by atomic mass is 9.92. The summed E-state index contributed by atoms with van der Waals surface area (Å²) in [6, 6.07) is 8.16. The van der Waals surface area contributed by atoms with E-state index in [-0.39, 0.29) is 43.0 Å². The first kappa shape index (κ1) is 25.0. The van der Waals surface area contributed by atoms with Crippen molar-refractivity contribution in [3.05, 3.63) is 46.2 Å². The summed E-state index contributed by atoms with van der Waals surface area (Å²) in [5.41, 5.74) is 2.54. The first-order chi connectivity index (χ1) is 17.3. The molecule has 1 aliphatic heterocycles. The number of anilines is 3. The minimum absolute atomic E-state index is 0.183. The zero-order valence-electron chi connectivity index (χ0n) is 20.6. The van der Waals surface area contributed by atoms with Gasteiger partial charge in [-0.05, 0) is 68.2 Å². The molecular weight excluding hydrogens is 484 g/mol. The van der Waals surface area contributed by atoms with E-state index < -0.39 is 12.0 Å². The Labute approximate surface area is 214 Å². The Hall–Kier alpha value is -2.62. The third-order valence-corrected chi connectivity index (χ3v) is 8.47. The number of alkyl halides is 2. The van der Waals surface area contributed by atoms with Gasteiger partial charge in [0.15, 0.2) is 5.82 Å². The molecule has 2 saturated carbocycles. The average molecular weight is 518 g/mol. The van der Waals surface area contributed by atoms with Gasteiger partial charge in [-0.1, -0.05) is 18.9 Å². The lowest BCUT2D eigenvalue weighted by Crippen LogP contribution is -2.36. The Morgan fingerprint density at radius 3 is 2.47 bits per heavy atom. The molecule has 1 spiro atoms. The van der Waals surface area contributed by atoms with Gasteiger partial charge in [0.05, 0.1) is 17.3 Å². The number of hydrogen-bond acceptors (Lipinski definition) is 6. The van der Waals surface area contributed by atoms with Crippen molar-refractivity contribution in [2.75, 3.05) is 33.8 Å². The zero-order chi connectivity index (χ0) is 25.3. The van der Waals surface area contributed by atoms with E-state index in [9.17, 15) is 18.4 Å². The summed E-state index contributed by atoms with van der Waals surface area (Å²) >= 11 is 1.60. The number of amides is 1. The van der Waals surface area contributed by atoms with Crippen molar-refractivity contribution in [1.82, 2.24) is 9.78 Å². The zero-order valence-corrected chi connectivity index (χ0v) is 21.4. The molecule has 194 valence electrons. The second-order valence-electron chi connectivity index (χ2n) is 10.3. The fourth-order valence-electron chi connectivity index (χ4n) is 5.31. The monoisotopic (exact) mass is 517 g/mol. The van der Waals surface area contributed by atoms with Crippen molar-refractivity contribution in [2.24, 2.45) is 5.41 Å². The van der Waals surface area contributed by atoms with Crippen LogP contribution in [-0.2, 0) is 0 Å². The van der Waals surface area contributed by atoms with Crippen LogP contribution in [0.15, 0.2) is 35.1 Å². The highest BCUT2D eigenvalue weighted by Crippen LogP contribution is 2.54. The summed E-state index contributed by atoms with van der Waals surface area (Å²) in [6.07, 6.45) is 4.74. The Balaban J connectivity index is 1.36. The van der Waals surface area contributed by atoms with Crippen molar-refractivity contribution >= 4 is 35.0 Å². The lowest BCUT2D eigenvalue weighted by Gasteiger charge is -2.35. The van der Waals surface area contributed by atoms with Crippen LogP contribution in [0.1, 0.15) is 74.7 Å². The van der Waals surface area contributed by atoms with E-state index in [4.69, 9.17) is 0 Å². The largest absolute Gasteiger partial charge is 0.371 e. The molecule has 0 radical (unpaired) electrons. The van der Waals surface area contributed by atoms with Gasteiger partial charge in [-0.3, -0.25) is 9.59 Å². The van der Waals surface area contributed by atoms with Crippen molar-refractivity contribution in [1.29, 1.82) is 0 Å². The number of carbonyl (C=O) groups is 1. The number of rotatable bonds is 7. The fourth-order valence-corrected chi connectivity index (χ4v) is 5.75. The van der Waals surface area contributed by atoms with Crippen LogP contribution in [0.25, 0.3) is 0 Å². The molecule has 36 heavy (non-hydrogen) atoms. The second-order valence-corrected chi connectivity index (χ2v) is 11.4. The van der Waals surface area contributed by atoms with E-state index >= 15 is 0 Å². The lowest BCUT2D eigenvalue weighted by molar-refractivity contribution is -0.0453. The number of carbonyl (C=O) groups excluding carboxylic acids is 1. The number of nitrogens with zero attached hydrogens (tertiary/aromatic N) is 3. The molecule has 10 heteroatoms. The maximum absolute atomic E-state index is 13.6. The quantitative estimate of drug-likeness (QED) is 0.458. The summed E-state index contributed by atoms with van der Waals surface area (Å²) in [6.45, 7) is 3.91. The van der Waals surface area contributed by atoms with Gasteiger partial charge in [0, 0.05) is 43.4 Å². The van der Waals surface area contributed by atoms with E-state index in [1.54, 1.807) is 11.9 Å². The molecule has 3 fully saturated rings. The molecular formula is C26H33F2N5O2S. The molecule has 2 aliphatic carbocycles. The average Bonchev–Trinajstić information content (AvgIpc) is 3.63. The van der Waals surface area contributed by atoms with Crippen LogP contribution >= 0.6 is 11.9 Å². The normalized spacial score (nSPS) is 20.8. The van der Waals surface area contributed by atoms with E-state index in [0.29, 0.717) is 11.0 Å². The summed E-state index contributed by atoms with van der Waals surface area (Å²) in [7, 11) is 0. The second kappa shape index (κ2) is 10.0. The highest BCUT2D eigenvalue weighted by Gasteiger charge is 2.44. The van der Waals surface area contributed by atoms with Gasteiger partial charge in [0.2, 0.25) is 5.92 Å². The SMILES string of the molecule is CCSNc1ccc(C(=O)Nc2ccc(=O)n(C3CCC(F)(F)CC3)n2)c(N2CCC3(CC2)CC3)c1. The topological polar surface area (TPSA) is 79.3 Å². The van der Waals surface area contributed by atoms with Crippen molar-refractivity contribution in [3.8, 4) is 0 Å². The number of nitrogens with one attached hydrogen (secondary N) is 2. The molecule has 0 bridgehead atoms. The first-order valence-electron chi connectivity index (χ1n) is 12.8. The third kappa shape index (κ3) is 5.53. The Morgan fingerprint density at radius 1 is 1.08 bits per heavy atom. The number of hydrogen-bond donors (Lipinski definition) is 2. The van der Waals surface area contributed by atoms with Gasteiger partial charge < -0.3 is 14.9 Å². The van der Waals surface area contributed by atoms with Gasteiger partial charge in [0.25, 0.3) is 11.5 Å². The molecule has 1 saturated heterocycles. The highest BCUT2D eigenvalue weighted by molar-refractivity contribution is 8.00. The van der Waals surface area contributed by atoms with Crippen LogP contribution in [0.2, 0.25) is 0 Å². The maximum Gasteiger partial charge on any atom is 0.267 e. The third-order valence-electron chi connectivity index (χ3n) is 7.80. The molecule has 1 aromatic heterocycles. The van der Waals surface area contributed by atoms with Crippen molar-refractivity contribution < 1.29 is 13.6 Å². The highest BCUT2D eigenvalue weighted by atomic mass is 32.2. The molecule has 0 atom stereocenters. The summed E-state index contributed by atoms with van der Waals surface area (Å²) in [5.74, 6) is -1.84. The van der Waals surface area contributed by atoms with Crippen molar-refractivity contribution in [2.45, 2.75) is 70.3 Å². The number of aromatic nitrogens is 2. The smallest absolute Gasteiger partial charge is 0.267 e. The minimum Gasteiger partial charge on any atom is -0.371 e. The molecule has 2 aromatic rings. The van der Waals surface area contributed by atoms with Crippen molar-refractivity contribution in [3.63, 3.8) is 0 Å². The Kier molecular flexibility index (Phi) is 6.98. The molecule has 2 heterocycles. The van der Waals surface area contributed by atoms with Crippen LogP contribution in [0.3, 0.4) is 0 Å². The van der Waals surface area contributed by atoms with Gasteiger partial charge >= 0.3 is 0 Å². The van der Waals surface area contributed by atoms with Crippen LogP contribution in [0.4, 0.5) is 26.0 Å². The van der Waals surface area contributed by atoms with Gasteiger partial charge in [-0.25, -0.2) is 13.5 Å². The molecule has 7 nitrogen and oxygen atoms in total. The maximum atomic E-state index is 13.6. The van der Waals surface area contributed by atoms with Gasteiger partial charge in [-0.2, -0.15) is 5.10 Å². The van der Waals surface area contributed by atoms with Gasteiger partial charge in [-0.15, -0.1) is 0 Å². The number of halogens is 2. The molecule has 0 unspecified atom stereocenters. The van der Waals surface area contributed by atoms with E-state index in [2.05, 4.69) is 27.0 Å². The van der Waals surface area contributed by atoms with Crippen LogP contribution in [-0.4, -0.2) is 40.5 Å². The first-order valence-corrected chi connectivity index (χ1v) is 13.8. The number of piperidine rings is 1. The van der Waals surface area contributed by atoms with Crippen LogP contribution < -0.4 is 20.5 Å². The fraction of sp³-hybridized carbons (Fsp3) is 0.577. The van der Waals surface area contributed by atoms with E-state index in [0.717, 1.165) is 43.1 Å². The Bertz CT molecular complexity index is 1160. The van der Waals surface area contributed by atoms with Crippen LogP contribution in [0.5, 0.6) is 0 Å². The van der Waals surface area contributed by atoms with Gasteiger partial charge in [0.1, 0.15) is 0 Å². The molecule has 3 aliphatic rings. The predicted molar refractivity (Wildman–Crippen MR) is 140 cm³/mol. The standard InChI is InChI=1S/C26H33F2N5O2S/c1-2-36-31-18-3-4-20(21(17-18)32-15-13-25(11-12-25)14-16-32)24(35)29-22-5-6-23(34)33(30-22)19-7-9-26(27,28)10-8-19/h3-6,17,19,31H,2,7-16H2,1H3,(H,29,30,35).